The lowest BCUT2D eigenvalue weighted by molar-refractivity contribution is -0.118. The van der Waals surface area contributed by atoms with Gasteiger partial charge in [-0.25, -0.2) is 4.68 Å². The van der Waals surface area contributed by atoms with Crippen LogP contribution in [0.4, 0.5) is 5.95 Å². The molecule has 1 aliphatic carbocycles. The third kappa shape index (κ3) is 4.17. The number of hydrogen-bond acceptors (Lipinski definition) is 6. The van der Waals surface area contributed by atoms with Crippen LogP contribution in [0.2, 0.25) is 0 Å². The number of ether oxygens (including phenoxy) is 1. The van der Waals surface area contributed by atoms with Crippen molar-refractivity contribution in [2.45, 2.75) is 39.3 Å². The first kappa shape index (κ1) is 21.8. The summed E-state index contributed by atoms with van der Waals surface area (Å²) in [5.41, 5.74) is 3.76. The molecule has 7 heteroatoms. The standard InChI is InChI=1S/C28H26N4O2S/c1-28(2)15-21-24(22(33)16-28)25(32-27(29-21)30-26(31-32)23-9-6-14-35-23)19-10-12-20(13-11-19)34-17-18-7-4-3-5-8-18/h3-14,25H,15-17H2,1-2H3,(H,29,30,31). The maximum Gasteiger partial charge on any atom is 0.226 e. The maximum atomic E-state index is 13.4. The number of aromatic nitrogens is 3. The van der Waals surface area contributed by atoms with E-state index in [2.05, 4.69) is 19.2 Å². The van der Waals surface area contributed by atoms with Crippen molar-refractivity contribution < 1.29 is 9.53 Å². The fourth-order valence-electron chi connectivity index (χ4n) is 4.91. The van der Waals surface area contributed by atoms with Gasteiger partial charge in [0.1, 0.15) is 18.4 Å². The number of nitrogens with zero attached hydrogens (tertiary/aromatic N) is 3. The fourth-order valence-corrected chi connectivity index (χ4v) is 5.57. The van der Waals surface area contributed by atoms with Gasteiger partial charge in [0.05, 0.1) is 4.88 Å². The van der Waals surface area contributed by atoms with Gasteiger partial charge in [-0.2, -0.15) is 4.98 Å². The Hall–Kier alpha value is -3.71. The normalized spacial score (nSPS) is 18.6. The Morgan fingerprint density at radius 1 is 1.06 bits per heavy atom. The van der Waals surface area contributed by atoms with Crippen molar-refractivity contribution in [3.05, 3.63) is 94.5 Å². The smallest absolute Gasteiger partial charge is 0.226 e. The lowest BCUT2D eigenvalue weighted by Crippen LogP contribution is -2.36. The number of allylic oxidation sites excluding steroid dienone is 2. The Kier molecular flexibility index (Phi) is 5.29. The van der Waals surface area contributed by atoms with Gasteiger partial charge in [0.2, 0.25) is 5.95 Å². The summed E-state index contributed by atoms with van der Waals surface area (Å²) in [5, 5.41) is 10.3. The van der Waals surface area contributed by atoms with E-state index in [9.17, 15) is 4.79 Å². The van der Waals surface area contributed by atoms with Gasteiger partial charge in [-0.15, -0.1) is 16.4 Å². The highest BCUT2D eigenvalue weighted by atomic mass is 32.1. The van der Waals surface area contributed by atoms with Gasteiger partial charge in [-0.3, -0.25) is 4.79 Å². The minimum absolute atomic E-state index is 0.0959. The molecule has 1 N–H and O–H groups in total. The summed E-state index contributed by atoms with van der Waals surface area (Å²) in [4.78, 5) is 19.2. The number of carbonyl (C=O) groups excluding carboxylic acids is 1. The molecule has 2 aromatic carbocycles. The Morgan fingerprint density at radius 2 is 1.86 bits per heavy atom. The van der Waals surface area contributed by atoms with Gasteiger partial charge in [-0.05, 0) is 46.5 Å². The summed E-state index contributed by atoms with van der Waals surface area (Å²) < 4.78 is 7.85. The molecule has 1 unspecified atom stereocenters. The van der Waals surface area contributed by atoms with E-state index in [-0.39, 0.29) is 17.2 Å². The molecule has 4 aromatic rings. The Morgan fingerprint density at radius 3 is 2.60 bits per heavy atom. The summed E-state index contributed by atoms with van der Waals surface area (Å²) in [6, 6.07) is 21.8. The van der Waals surface area contributed by atoms with Gasteiger partial charge < -0.3 is 10.1 Å². The molecule has 0 saturated heterocycles. The Balaban J connectivity index is 1.36. The van der Waals surface area contributed by atoms with E-state index in [4.69, 9.17) is 14.8 Å². The van der Waals surface area contributed by atoms with Gasteiger partial charge in [0.25, 0.3) is 0 Å². The third-order valence-corrected chi connectivity index (χ3v) is 7.38. The van der Waals surface area contributed by atoms with Crippen molar-refractivity contribution >= 4 is 23.1 Å². The minimum atomic E-state index is -0.325. The zero-order valence-electron chi connectivity index (χ0n) is 19.7. The summed E-state index contributed by atoms with van der Waals surface area (Å²) in [6.07, 6.45) is 1.31. The quantitative estimate of drug-likeness (QED) is 0.364. The molecule has 176 valence electrons. The molecule has 2 aliphatic rings. The van der Waals surface area contributed by atoms with Crippen LogP contribution in [0.1, 0.15) is 43.9 Å². The summed E-state index contributed by atoms with van der Waals surface area (Å²) >= 11 is 1.60. The fraction of sp³-hybridized carbons (Fsp3) is 0.250. The largest absolute Gasteiger partial charge is 0.489 e. The molecule has 3 heterocycles. The lowest BCUT2D eigenvalue weighted by atomic mass is 9.73. The SMILES string of the molecule is CC1(C)CC(=O)C2=C(C1)Nc1nc(-c3cccs3)nn1C2c1ccc(OCc2ccccc2)cc1. The highest BCUT2D eigenvalue weighted by molar-refractivity contribution is 7.13. The monoisotopic (exact) mass is 482 g/mol. The zero-order valence-corrected chi connectivity index (χ0v) is 20.5. The highest BCUT2D eigenvalue weighted by Gasteiger charge is 2.41. The van der Waals surface area contributed by atoms with Crippen LogP contribution < -0.4 is 10.1 Å². The topological polar surface area (TPSA) is 69.0 Å². The molecule has 1 aliphatic heterocycles. The van der Waals surface area contributed by atoms with E-state index in [0.29, 0.717) is 24.8 Å². The van der Waals surface area contributed by atoms with Crippen LogP contribution in [0.15, 0.2) is 83.4 Å². The number of hydrogen-bond donors (Lipinski definition) is 1. The van der Waals surface area contributed by atoms with Crippen LogP contribution in [0.5, 0.6) is 5.75 Å². The average Bonchev–Trinajstić information content (AvgIpc) is 3.52. The second-order valence-electron chi connectivity index (χ2n) is 9.88. The van der Waals surface area contributed by atoms with Crippen LogP contribution in [0.25, 0.3) is 10.7 Å². The average molecular weight is 483 g/mol. The summed E-state index contributed by atoms with van der Waals surface area (Å²) in [6.45, 7) is 4.79. The van der Waals surface area contributed by atoms with E-state index >= 15 is 0 Å². The number of rotatable bonds is 5. The molecule has 0 fully saturated rings. The number of nitrogens with one attached hydrogen (secondary N) is 1. The highest BCUT2D eigenvalue weighted by Crippen LogP contribution is 2.46. The van der Waals surface area contributed by atoms with Crippen LogP contribution >= 0.6 is 11.3 Å². The van der Waals surface area contributed by atoms with Gasteiger partial charge in [0, 0.05) is 17.7 Å². The van der Waals surface area contributed by atoms with Crippen molar-refractivity contribution in [1.82, 2.24) is 14.8 Å². The number of carbonyl (C=O) groups is 1. The van der Waals surface area contributed by atoms with E-state index in [1.54, 1.807) is 11.3 Å². The van der Waals surface area contributed by atoms with E-state index in [1.807, 2.05) is 76.8 Å². The molecule has 0 saturated carbocycles. The van der Waals surface area contributed by atoms with Crippen LogP contribution in [-0.2, 0) is 11.4 Å². The second kappa shape index (κ2) is 8.50. The number of fused-ring (bicyclic) bond motifs is 1. The molecule has 0 bridgehead atoms. The van der Waals surface area contributed by atoms with Crippen LogP contribution in [0.3, 0.4) is 0 Å². The molecular formula is C28H26N4O2S. The molecule has 0 spiro atoms. The van der Waals surface area contributed by atoms with E-state index in [0.717, 1.165) is 39.4 Å². The van der Waals surface area contributed by atoms with Crippen LogP contribution in [-0.4, -0.2) is 20.5 Å². The van der Waals surface area contributed by atoms with Gasteiger partial charge >= 0.3 is 0 Å². The maximum absolute atomic E-state index is 13.4. The number of Topliss-reactive ketones (excluding diaryl/α,β-unsaturated/α-hetero) is 1. The Labute approximate surface area is 208 Å². The predicted molar refractivity (Wildman–Crippen MR) is 137 cm³/mol. The van der Waals surface area contributed by atoms with Crippen molar-refractivity contribution in [2.24, 2.45) is 5.41 Å². The predicted octanol–water partition coefficient (Wildman–Crippen LogP) is 6.24. The molecule has 6 nitrogen and oxygen atoms in total. The Bertz CT molecular complexity index is 1400. The molecular weight excluding hydrogens is 456 g/mol. The summed E-state index contributed by atoms with van der Waals surface area (Å²) in [5.74, 6) is 2.29. The van der Waals surface area contributed by atoms with Crippen molar-refractivity contribution in [3.63, 3.8) is 0 Å². The number of anilines is 1. The zero-order chi connectivity index (χ0) is 24.0. The molecule has 35 heavy (non-hydrogen) atoms. The number of thiophene rings is 1. The summed E-state index contributed by atoms with van der Waals surface area (Å²) in [7, 11) is 0. The third-order valence-electron chi connectivity index (χ3n) is 6.52. The van der Waals surface area contributed by atoms with Crippen molar-refractivity contribution in [1.29, 1.82) is 0 Å². The van der Waals surface area contributed by atoms with E-state index < -0.39 is 0 Å². The first-order chi connectivity index (χ1) is 17.0. The van der Waals surface area contributed by atoms with Gasteiger partial charge in [-0.1, -0.05) is 62.4 Å². The minimum Gasteiger partial charge on any atom is -0.489 e. The first-order valence-corrected chi connectivity index (χ1v) is 12.7. The molecule has 1 atom stereocenters. The van der Waals surface area contributed by atoms with Crippen molar-refractivity contribution in [2.75, 3.05) is 5.32 Å². The molecule has 0 radical (unpaired) electrons. The lowest BCUT2D eigenvalue weighted by Gasteiger charge is -2.38. The molecule has 2 aromatic heterocycles. The molecule has 0 amide bonds. The van der Waals surface area contributed by atoms with Gasteiger partial charge in [0.15, 0.2) is 11.6 Å². The van der Waals surface area contributed by atoms with Crippen LogP contribution in [0, 0.1) is 5.41 Å². The van der Waals surface area contributed by atoms with E-state index in [1.165, 1.54) is 0 Å². The second-order valence-corrected chi connectivity index (χ2v) is 10.8. The number of benzene rings is 2. The first-order valence-electron chi connectivity index (χ1n) is 11.8. The molecule has 6 rings (SSSR count). The number of ketones is 1. The van der Waals surface area contributed by atoms with Crippen molar-refractivity contribution in [3.8, 4) is 16.5 Å².